The average Bonchev–Trinajstić information content (AvgIpc) is 2.55. The van der Waals surface area contributed by atoms with Crippen molar-refractivity contribution >= 4 is 5.91 Å². The minimum absolute atomic E-state index is 0.0119. The number of rotatable bonds is 3. The van der Waals surface area contributed by atoms with E-state index in [2.05, 4.69) is 36.2 Å². The lowest BCUT2D eigenvalue weighted by Crippen LogP contribution is -2.32. The van der Waals surface area contributed by atoms with E-state index in [0.717, 1.165) is 11.6 Å². The first-order valence-corrected chi connectivity index (χ1v) is 5.92. The summed E-state index contributed by atoms with van der Waals surface area (Å²) in [7, 11) is 0. The van der Waals surface area contributed by atoms with E-state index in [0.29, 0.717) is 6.54 Å². The van der Waals surface area contributed by atoms with Gasteiger partial charge < -0.3 is 5.32 Å². The minimum atomic E-state index is -0.126. The van der Waals surface area contributed by atoms with Gasteiger partial charge in [-0.05, 0) is 27.7 Å². The van der Waals surface area contributed by atoms with Crippen molar-refractivity contribution in [3.63, 3.8) is 0 Å². The molecule has 0 radical (unpaired) electrons. The smallest absolute Gasteiger partial charge is 0.222 e. The molecule has 1 amide bonds. The molecule has 96 valence electrons. The number of amides is 1. The molecule has 1 rings (SSSR count). The summed E-state index contributed by atoms with van der Waals surface area (Å²) in [5, 5.41) is 7.22. The molecule has 0 bridgehead atoms. The zero-order chi connectivity index (χ0) is 13.2. The van der Waals surface area contributed by atoms with Crippen molar-refractivity contribution in [1.82, 2.24) is 20.1 Å². The number of nitrogens with one attached hydrogen (secondary N) is 1. The molecule has 0 fully saturated rings. The molecule has 5 heteroatoms. The number of carbonyl (C=O) groups excluding carboxylic acids is 1. The Morgan fingerprint density at radius 2 is 2.00 bits per heavy atom. The molecule has 0 saturated carbocycles. The fourth-order valence-corrected chi connectivity index (χ4v) is 1.48. The first-order chi connectivity index (χ1) is 7.71. The average molecular weight is 238 g/mol. The van der Waals surface area contributed by atoms with E-state index in [1.807, 2.05) is 25.5 Å². The molecule has 0 unspecified atom stereocenters. The van der Waals surface area contributed by atoms with Crippen LogP contribution >= 0.6 is 0 Å². The number of aryl methyl sites for hydroxylation is 1. The highest BCUT2D eigenvalue weighted by atomic mass is 16.1. The Hall–Kier alpha value is -1.39. The van der Waals surface area contributed by atoms with Gasteiger partial charge >= 0.3 is 0 Å². The van der Waals surface area contributed by atoms with Crippen LogP contribution in [0.2, 0.25) is 0 Å². The quantitative estimate of drug-likeness (QED) is 0.870. The standard InChI is InChI=1S/C12H22N4O/c1-8(2)11(17)13-7-10-14-9(3)15-16(10)12(4,5)6/h8H,7H2,1-6H3,(H,13,17). The lowest BCUT2D eigenvalue weighted by Gasteiger charge is -2.21. The fourth-order valence-electron chi connectivity index (χ4n) is 1.48. The molecular weight excluding hydrogens is 216 g/mol. The Kier molecular flexibility index (Phi) is 3.91. The van der Waals surface area contributed by atoms with E-state index in [4.69, 9.17) is 0 Å². The van der Waals surface area contributed by atoms with Crippen LogP contribution in [0, 0.1) is 12.8 Å². The second-order valence-corrected chi connectivity index (χ2v) is 5.53. The van der Waals surface area contributed by atoms with Gasteiger partial charge in [0.1, 0.15) is 11.6 Å². The van der Waals surface area contributed by atoms with Crippen molar-refractivity contribution in [2.45, 2.75) is 53.6 Å². The third-order valence-corrected chi connectivity index (χ3v) is 2.36. The molecule has 1 heterocycles. The zero-order valence-corrected chi connectivity index (χ0v) is 11.5. The first kappa shape index (κ1) is 13.7. The SMILES string of the molecule is Cc1nc(CNC(=O)C(C)C)n(C(C)(C)C)n1. The molecule has 1 aromatic heterocycles. The number of aromatic nitrogens is 3. The van der Waals surface area contributed by atoms with Gasteiger partial charge in [0.2, 0.25) is 5.91 Å². The molecule has 0 aliphatic rings. The van der Waals surface area contributed by atoms with Crippen LogP contribution in [0.5, 0.6) is 0 Å². The molecule has 0 aliphatic carbocycles. The third-order valence-electron chi connectivity index (χ3n) is 2.36. The van der Waals surface area contributed by atoms with Gasteiger partial charge in [0.25, 0.3) is 0 Å². The molecule has 0 spiro atoms. The maximum atomic E-state index is 11.5. The topological polar surface area (TPSA) is 59.8 Å². The fraction of sp³-hybridized carbons (Fsp3) is 0.750. The summed E-state index contributed by atoms with van der Waals surface area (Å²) in [6.45, 7) is 12.2. The Balaban J connectivity index is 2.81. The van der Waals surface area contributed by atoms with E-state index in [9.17, 15) is 4.79 Å². The van der Waals surface area contributed by atoms with Gasteiger partial charge in [0.15, 0.2) is 0 Å². The van der Waals surface area contributed by atoms with Crippen LogP contribution in [-0.4, -0.2) is 20.7 Å². The Morgan fingerprint density at radius 1 is 1.41 bits per heavy atom. The third kappa shape index (κ3) is 3.54. The molecule has 1 N–H and O–H groups in total. The lowest BCUT2D eigenvalue weighted by atomic mass is 10.1. The summed E-state index contributed by atoms with van der Waals surface area (Å²) in [5.41, 5.74) is -0.126. The lowest BCUT2D eigenvalue weighted by molar-refractivity contribution is -0.124. The molecular formula is C12H22N4O. The summed E-state index contributed by atoms with van der Waals surface area (Å²) in [6, 6.07) is 0. The number of nitrogens with zero attached hydrogens (tertiary/aromatic N) is 3. The van der Waals surface area contributed by atoms with Crippen LogP contribution in [0.25, 0.3) is 0 Å². The predicted octanol–water partition coefficient (Wildman–Crippen LogP) is 1.61. The van der Waals surface area contributed by atoms with E-state index in [-0.39, 0.29) is 17.4 Å². The predicted molar refractivity (Wildman–Crippen MR) is 66.4 cm³/mol. The maximum Gasteiger partial charge on any atom is 0.222 e. The highest BCUT2D eigenvalue weighted by Crippen LogP contribution is 2.15. The molecule has 0 atom stereocenters. The van der Waals surface area contributed by atoms with Crippen LogP contribution in [0.3, 0.4) is 0 Å². The Bertz CT molecular complexity index is 401. The number of carbonyl (C=O) groups is 1. The molecule has 0 saturated heterocycles. The van der Waals surface area contributed by atoms with E-state index >= 15 is 0 Å². The van der Waals surface area contributed by atoms with Crippen molar-refractivity contribution in [3.05, 3.63) is 11.6 Å². The second-order valence-electron chi connectivity index (χ2n) is 5.53. The van der Waals surface area contributed by atoms with Crippen molar-refractivity contribution < 1.29 is 4.79 Å². The molecule has 17 heavy (non-hydrogen) atoms. The highest BCUT2D eigenvalue weighted by molar-refractivity contribution is 5.77. The van der Waals surface area contributed by atoms with Crippen LogP contribution in [0.1, 0.15) is 46.3 Å². The monoisotopic (exact) mass is 238 g/mol. The summed E-state index contributed by atoms with van der Waals surface area (Å²) < 4.78 is 1.86. The van der Waals surface area contributed by atoms with Crippen molar-refractivity contribution in [2.24, 2.45) is 5.92 Å². The van der Waals surface area contributed by atoms with Crippen LogP contribution in [0.15, 0.2) is 0 Å². The summed E-state index contributed by atoms with van der Waals surface area (Å²) in [4.78, 5) is 15.9. The largest absolute Gasteiger partial charge is 0.349 e. The number of hydrogen-bond donors (Lipinski definition) is 1. The van der Waals surface area contributed by atoms with Crippen LogP contribution in [-0.2, 0) is 16.9 Å². The maximum absolute atomic E-state index is 11.5. The van der Waals surface area contributed by atoms with E-state index < -0.39 is 0 Å². The van der Waals surface area contributed by atoms with Gasteiger partial charge in [-0.25, -0.2) is 9.67 Å². The van der Waals surface area contributed by atoms with Crippen LogP contribution < -0.4 is 5.32 Å². The molecule has 1 aromatic rings. The highest BCUT2D eigenvalue weighted by Gasteiger charge is 2.20. The Morgan fingerprint density at radius 3 is 2.47 bits per heavy atom. The van der Waals surface area contributed by atoms with E-state index in [1.165, 1.54) is 0 Å². The minimum Gasteiger partial charge on any atom is -0.349 e. The zero-order valence-electron chi connectivity index (χ0n) is 11.5. The van der Waals surface area contributed by atoms with Crippen molar-refractivity contribution in [3.8, 4) is 0 Å². The summed E-state index contributed by atoms with van der Waals surface area (Å²) in [6.07, 6.45) is 0. The summed E-state index contributed by atoms with van der Waals surface area (Å²) >= 11 is 0. The summed E-state index contributed by atoms with van der Waals surface area (Å²) in [5.74, 6) is 1.55. The first-order valence-electron chi connectivity index (χ1n) is 5.92. The molecule has 0 aromatic carbocycles. The van der Waals surface area contributed by atoms with Gasteiger partial charge in [-0.3, -0.25) is 4.79 Å². The van der Waals surface area contributed by atoms with Gasteiger partial charge in [-0.2, -0.15) is 5.10 Å². The van der Waals surface area contributed by atoms with Crippen molar-refractivity contribution in [2.75, 3.05) is 0 Å². The number of hydrogen-bond acceptors (Lipinski definition) is 3. The molecule has 5 nitrogen and oxygen atoms in total. The van der Waals surface area contributed by atoms with Crippen molar-refractivity contribution in [1.29, 1.82) is 0 Å². The molecule has 0 aliphatic heterocycles. The van der Waals surface area contributed by atoms with Gasteiger partial charge in [0.05, 0.1) is 12.1 Å². The van der Waals surface area contributed by atoms with Crippen LogP contribution in [0.4, 0.5) is 0 Å². The second kappa shape index (κ2) is 4.85. The van der Waals surface area contributed by atoms with Gasteiger partial charge in [-0.15, -0.1) is 0 Å². The van der Waals surface area contributed by atoms with E-state index in [1.54, 1.807) is 0 Å². The normalized spacial score (nSPS) is 11.9. The Labute approximate surface area is 103 Å². The van der Waals surface area contributed by atoms with Gasteiger partial charge in [-0.1, -0.05) is 13.8 Å². The van der Waals surface area contributed by atoms with Gasteiger partial charge in [0, 0.05) is 5.92 Å².